The van der Waals surface area contributed by atoms with E-state index in [1.807, 2.05) is 47.9 Å². The van der Waals surface area contributed by atoms with Crippen molar-refractivity contribution >= 4 is 29.1 Å². The highest BCUT2D eigenvalue weighted by Crippen LogP contribution is 2.28. The number of hydrogen-bond acceptors (Lipinski definition) is 6. The molecule has 0 aliphatic heterocycles. The monoisotopic (exact) mass is 446 g/mol. The highest BCUT2D eigenvalue weighted by Gasteiger charge is 2.19. The van der Waals surface area contributed by atoms with Gasteiger partial charge in [0.1, 0.15) is 5.76 Å². The predicted octanol–water partition coefficient (Wildman–Crippen LogP) is 4.83. The molecular formula is C24H22N4O3S. The molecule has 0 spiro atoms. The van der Waals surface area contributed by atoms with E-state index in [0.29, 0.717) is 28.8 Å². The summed E-state index contributed by atoms with van der Waals surface area (Å²) in [6, 6.07) is 18.8. The fourth-order valence-corrected chi connectivity index (χ4v) is 4.11. The van der Waals surface area contributed by atoms with Crippen molar-refractivity contribution in [2.24, 2.45) is 0 Å². The summed E-state index contributed by atoms with van der Waals surface area (Å²) in [7, 11) is 0. The number of thioether (sulfide) groups is 1. The zero-order valence-electron chi connectivity index (χ0n) is 17.7. The lowest BCUT2D eigenvalue weighted by molar-refractivity contribution is -0.114. The summed E-state index contributed by atoms with van der Waals surface area (Å²) in [5.41, 5.74) is 3.22. The molecule has 0 radical (unpaired) electrons. The minimum atomic E-state index is -0.152. The summed E-state index contributed by atoms with van der Waals surface area (Å²) in [4.78, 5) is 23.9. The maximum absolute atomic E-state index is 12.7. The molecular weight excluding hydrogens is 424 g/mol. The topological polar surface area (TPSA) is 90.0 Å². The minimum absolute atomic E-state index is 0.0281. The number of ketones is 1. The van der Waals surface area contributed by atoms with Crippen molar-refractivity contribution in [3.8, 4) is 11.4 Å². The van der Waals surface area contributed by atoms with E-state index in [9.17, 15) is 9.59 Å². The Bertz CT molecular complexity index is 1230. The first kappa shape index (κ1) is 21.6. The van der Waals surface area contributed by atoms with Gasteiger partial charge in [-0.05, 0) is 42.8 Å². The van der Waals surface area contributed by atoms with E-state index >= 15 is 0 Å². The van der Waals surface area contributed by atoms with Crippen LogP contribution >= 0.6 is 11.8 Å². The normalized spacial score (nSPS) is 10.8. The lowest BCUT2D eigenvalue weighted by Crippen LogP contribution is -2.08. The van der Waals surface area contributed by atoms with E-state index in [0.717, 1.165) is 16.9 Å². The molecule has 4 rings (SSSR count). The molecule has 162 valence electrons. The maximum Gasteiger partial charge on any atom is 0.221 e. The molecule has 4 aromatic rings. The average molecular weight is 447 g/mol. The number of carbonyl (C=O) groups excluding carboxylic acids is 2. The summed E-state index contributed by atoms with van der Waals surface area (Å²) >= 11 is 1.35. The lowest BCUT2D eigenvalue weighted by Gasteiger charge is -2.10. The highest BCUT2D eigenvalue weighted by atomic mass is 32.2. The van der Waals surface area contributed by atoms with Gasteiger partial charge in [-0.1, -0.05) is 42.1 Å². The molecule has 1 N–H and O–H groups in total. The fourth-order valence-electron chi connectivity index (χ4n) is 3.28. The number of benzene rings is 2. The summed E-state index contributed by atoms with van der Waals surface area (Å²) in [6.07, 6.45) is 1.63. The summed E-state index contributed by atoms with van der Waals surface area (Å²) < 4.78 is 7.46. The smallest absolute Gasteiger partial charge is 0.221 e. The van der Waals surface area contributed by atoms with Crippen LogP contribution in [0.25, 0.3) is 11.4 Å². The van der Waals surface area contributed by atoms with Crippen LogP contribution in [0.5, 0.6) is 0 Å². The van der Waals surface area contributed by atoms with Crippen molar-refractivity contribution in [2.45, 2.75) is 25.5 Å². The first-order valence-corrected chi connectivity index (χ1v) is 11.0. The second-order valence-electron chi connectivity index (χ2n) is 7.24. The number of aromatic nitrogens is 3. The van der Waals surface area contributed by atoms with Crippen LogP contribution in [0.4, 0.5) is 5.69 Å². The third kappa shape index (κ3) is 4.97. The third-order valence-electron chi connectivity index (χ3n) is 4.86. The van der Waals surface area contributed by atoms with E-state index in [4.69, 9.17) is 4.42 Å². The molecule has 32 heavy (non-hydrogen) atoms. The first-order chi connectivity index (χ1) is 15.5. The largest absolute Gasteiger partial charge is 0.469 e. The molecule has 0 fully saturated rings. The van der Waals surface area contributed by atoms with Crippen LogP contribution in [0, 0.1) is 6.92 Å². The first-order valence-electron chi connectivity index (χ1n) is 10.1. The Kier molecular flexibility index (Phi) is 6.51. The maximum atomic E-state index is 12.7. The van der Waals surface area contributed by atoms with Gasteiger partial charge < -0.3 is 9.73 Å². The predicted molar refractivity (Wildman–Crippen MR) is 124 cm³/mol. The van der Waals surface area contributed by atoms with Gasteiger partial charge in [-0.2, -0.15) is 0 Å². The molecule has 8 heteroatoms. The molecule has 0 aliphatic rings. The Morgan fingerprint density at radius 3 is 2.44 bits per heavy atom. The Hall–Kier alpha value is -3.65. The van der Waals surface area contributed by atoms with Crippen molar-refractivity contribution in [2.75, 3.05) is 11.1 Å². The number of carbonyl (C=O) groups is 2. The van der Waals surface area contributed by atoms with Gasteiger partial charge in [0.2, 0.25) is 5.91 Å². The summed E-state index contributed by atoms with van der Waals surface area (Å²) in [6.45, 7) is 3.91. The molecule has 0 unspecified atom stereocenters. The number of amides is 1. The summed E-state index contributed by atoms with van der Waals surface area (Å²) in [5, 5.41) is 12.1. The van der Waals surface area contributed by atoms with Crippen molar-refractivity contribution < 1.29 is 14.0 Å². The van der Waals surface area contributed by atoms with E-state index in [2.05, 4.69) is 15.5 Å². The van der Waals surface area contributed by atoms with Crippen LogP contribution in [-0.2, 0) is 11.3 Å². The van der Waals surface area contributed by atoms with Crippen LogP contribution in [-0.4, -0.2) is 32.2 Å². The van der Waals surface area contributed by atoms with E-state index in [-0.39, 0.29) is 17.4 Å². The quantitative estimate of drug-likeness (QED) is 0.308. The van der Waals surface area contributed by atoms with Crippen LogP contribution in [0.3, 0.4) is 0 Å². The van der Waals surface area contributed by atoms with Gasteiger partial charge >= 0.3 is 0 Å². The molecule has 0 saturated heterocycles. The van der Waals surface area contributed by atoms with E-state index in [1.54, 1.807) is 30.5 Å². The number of hydrogen-bond donors (Lipinski definition) is 1. The number of aryl methyl sites for hydroxylation is 1. The Balaban J connectivity index is 1.54. The molecule has 2 aromatic heterocycles. The van der Waals surface area contributed by atoms with Gasteiger partial charge in [0.05, 0.1) is 24.1 Å². The van der Waals surface area contributed by atoms with E-state index in [1.165, 1.54) is 18.7 Å². The van der Waals surface area contributed by atoms with Crippen molar-refractivity contribution in [3.05, 3.63) is 83.8 Å². The highest BCUT2D eigenvalue weighted by molar-refractivity contribution is 7.99. The second kappa shape index (κ2) is 9.65. The third-order valence-corrected chi connectivity index (χ3v) is 5.83. The number of anilines is 1. The average Bonchev–Trinajstić information content (AvgIpc) is 3.38. The molecule has 2 aromatic carbocycles. The van der Waals surface area contributed by atoms with Crippen LogP contribution in [0.2, 0.25) is 0 Å². The number of furan rings is 1. The number of nitrogens with zero attached hydrogens (tertiary/aromatic N) is 3. The SMILES string of the molecule is CC(=O)Nc1ccc(C(=O)CSc2nnc(-c3ccoc3C)n2Cc2ccccc2)cc1. The Morgan fingerprint density at radius 2 is 1.78 bits per heavy atom. The van der Waals surface area contributed by atoms with Crippen molar-refractivity contribution in [1.29, 1.82) is 0 Å². The summed E-state index contributed by atoms with van der Waals surface area (Å²) in [5.74, 6) is 1.51. The van der Waals surface area contributed by atoms with Gasteiger partial charge in [0.25, 0.3) is 0 Å². The molecule has 7 nitrogen and oxygen atoms in total. The van der Waals surface area contributed by atoms with Crippen LogP contribution < -0.4 is 5.32 Å². The number of rotatable bonds is 8. The van der Waals surface area contributed by atoms with Crippen molar-refractivity contribution in [1.82, 2.24) is 14.8 Å². The van der Waals surface area contributed by atoms with Crippen LogP contribution in [0.15, 0.2) is 76.5 Å². The molecule has 0 atom stereocenters. The second-order valence-corrected chi connectivity index (χ2v) is 8.18. The van der Waals surface area contributed by atoms with Gasteiger partial charge in [-0.3, -0.25) is 14.2 Å². The Labute approximate surface area is 189 Å². The zero-order valence-corrected chi connectivity index (χ0v) is 18.6. The van der Waals surface area contributed by atoms with Crippen molar-refractivity contribution in [3.63, 3.8) is 0 Å². The van der Waals surface area contributed by atoms with Gasteiger partial charge in [0, 0.05) is 18.2 Å². The van der Waals surface area contributed by atoms with Crippen LogP contribution in [0.1, 0.15) is 28.6 Å². The van der Waals surface area contributed by atoms with E-state index < -0.39 is 0 Å². The van der Waals surface area contributed by atoms with Gasteiger partial charge in [-0.25, -0.2) is 0 Å². The van der Waals surface area contributed by atoms with Gasteiger partial charge in [-0.15, -0.1) is 10.2 Å². The zero-order chi connectivity index (χ0) is 22.5. The fraction of sp³-hybridized carbons (Fsp3) is 0.167. The number of nitrogens with one attached hydrogen (secondary N) is 1. The number of Topliss-reactive ketones (excluding diaryl/α,β-unsaturated/α-hetero) is 1. The minimum Gasteiger partial charge on any atom is -0.469 e. The molecule has 0 saturated carbocycles. The van der Waals surface area contributed by atoms with Gasteiger partial charge in [0.15, 0.2) is 16.8 Å². The molecule has 1 amide bonds. The Morgan fingerprint density at radius 1 is 1.03 bits per heavy atom. The lowest BCUT2D eigenvalue weighted by atomic mass is 10.1. The molecule has 0 bridgehead atoms. The molecule has 2 heterocycles. The molecule has 0 aliphatic carbocycles. The standard InChI is InChI=1S/C24H22N4O3S/c1-16-21(12-13-31-16)23-26-27-24(28(23)14-18-6-4-3-5-7-18)32-15-22(30)19-8-10-20(11-9-19)25-17(2)29/h3-13H,14-15H2,1-2H3,(H,25,29).